The van der Waals surface area contributed by atoms with E-state index in [0.717, 1.165) is 11.5 Å². The third-order valence-corrected chi connectivity index (χ3v) is 3.91. The summed E-state index contributed by atoms with van der Waals surface area (Å²) < 4.78 is 0. The molecule has 0 aromatic rings. The van der Waals surface area contributed by atoms with E-state index < -0.39 is 0 Å². The zero-order valence-corrected chi connectivity index (χ0v) is 15.3. The van der Waals surface area contributed by atoms with E-state index in [4.69, 9.17) is 0 Å². The standard InChI is InChI=1S/C12H26S.C5H12S/c1-2-3-4-5-6-7-8-9-10-11-12-13;1-2-3-4-5-6/h13H,2-12H2,1H3;6H,2-5H2,1H3. The van der Waals surface area contributed by atoms with Crippen molar-refractivity contribution >= 4 is 25.3 Å². The molecule has 118 valence electrons. The maximum Gasteiger partial charge on any atom is -0.00979 e. The Balaban J connectivity index is 0. The molecule has 0 atom stereocenters. The Bertz CT molecular complexity index is 112. The van der Waals surface area contributed by atoms with Crippen LogP contribution in [-0.2, 0) is 0 Å². The summed E-state index contributed by atoms with van der Waals surface area (Å²) in [6.07, 6.45) is 18.1. The fourth-order valence-corrected chi connectivity index (χ4v) is 2.41. The zero-order chi connectivity index (χ0) is 14.6. The van der Waals surface area contributed by atoms with Gasteiger partial charge in [-0.15, -0.1) is 0 Å². The van der Waals surface area contributed by atoms with Crippen molar-refractivity contribution in [3.05, 3.63) is 0 Å². The van der Waals surface area contributed by atoms with Crippen molar-refractivity contribution in [3.8, 4) is 0 Å². The maximum atomic E-state index is 4.20. The molecule has 0 nitrogen and oxygen atoms in total. The lowest BCUT2D eigenvalue weighted by Gasteiger charge is -2.00. The molecule has 0 aromatic carbocycles. The molecule has 0 spiro atoms. The van der Waals surface area contributed by atoms with Gasteiger partial charge in [-0.1, -0.05) is 84.5 Å². The van der Waals surface area contributed by atoms with Gasteiger partial charge in [0.25, 0.3) is 0 Å². The van der Waals surface area contributed by atoms with Gasteiger partial charge in [-0.3, -0.25) is 0 Å². The summed E-state index contributed by atoms with van der Waals surface area (Å²) in [6.45, 7) is 4.47. The summed E-state index contributed by atoms with van der Waals surface area (Å²) in [6, 6.07) is 0. The minimum Gasteiger partial charge on any atom is -0.179 e. The van der Waals surface area contributed by atoms with Crippen LogP contribution in [0.1, 0.15) is 97.3 Å². The molecule has 0 bridgehead atoms. The second kappa shape index (κ2) is 23.8. The number of hydrogen-bond acceptors (Lipinski definition) is 2. The highest BCUT2D eigenvalue weighted by Gasteiger charge is 1.91. The average Bonchev–Trinajstić information content (AvgIpc) is 2.44. The van der Waals surface area contributed by atoms with Gasteiger partial charge in [0, 0.05) is 0 Å². The lowest BCUT2D eigenvalue weighted by Crippen LogP contribution is -1.81. The third-order valence-electron chi connectivity index (χ3n) is 3.27. The summed E-state index contributed by atoms with van der Waals surface area (Å²) in [5, 5.41) is 0. The second-order valence-corrected chi connectivity index (χ2v) is 6.23. The Morgan fingerprint density at radius 2 is 0.684 bits per heavy atom. The quantitative estimate of drug-likeness (QED) is 0.267. The molecule has 0 rings (SSSR count). The van der Waals surface area contributed by atoms with Crippen molar-refractivity contribution in [3.63, 3.8) is 0 Å². The largest absolute Gasteiger partial charge is 0.179 e. The molecule has 2 heteroatoms. The van der Waals surface area contributed by atoms with E-state index in [1.165, 1.54) is 83.5 Å². The van der Waals surface area contributed by atoms with E-state index >= 15 is 0 Å². The van der Waals surface area contributed by atoms with Crippen LogP contribution in [0.4, 0.5) is 0 Å². The van der Waals surface area contributed by atoms with Crippen molar-refractivity contribution in [2.24, 2.45) is 0 Å². The molecule has 0 aliphatic rings. The highest BCUT2D eigenvalue weighted by atomic mass is 32.1. The first-order chi connectivity index (χ1) is 9.33. The Morgan fingerprint density at radius 1 is 0.421 bits per heavy atom. The fourth-order valence-electron chi connectivity index (χ4n) is 1.96. The molecule has 0 saturated heterocycles. The first kappa shape index (κ1) is 22.0. The second-order valence-electron chi connectivity index (χ2n) is 5.34. The summed E-state index contributed by atoms with van der Waals surface area (Å²) in [7, 11) is 0. The van der Waals surface area contributed by atoms with Gasteiger partial charge in [-0.25, -0.2) is 0 Å². The van der Waals surface area contributed by atoms with Crippen molar-refractivity contribution in [1.29, 1.82) is 0 Å². The third kappa shape index (κ3) is 27.8. The molecule has 0 aliphatic carbocycles. The van der Waals surface area contributed by atoms with Crippen LogP contribution in [0.15, 0.2) is 0 Å². The minimum atomic E-state index is 1.05. The Labute approximate surface area is 134 Å². The number of hydrogen-bond donors (Lipinski definition) is 2. The molecule has 0 aliphatic heterocycles. The van der Waals surface area contributed by atoms with Crippen LogP contribution in [0.2, 0.25) is 0 Å². The van der Waals surface area contributed by atoms with Gasteiger partial charge in [0.15, 0.2) is 0 Å². The molecule has 0 N–H and O–H groups in total. The van der Waals surface area contributed by atoms with Gasteiger partial charge >= 0.3 is 0 Å². The monoisotopic (exact) mass is 306 g/mol. The van der Waals surface area contributed by atoms with Crippen LogP contribution in [0.5, 0.6) is 0 Å². The first-order valence-corrected chi connectivity index (χ1v) is 9.81. The summed E-state index contributed by atoms with van der Waals surface area (Å²) >= 11 is 8.26. The van der Waals surface area contributed by atoms with Crippen molar-refractivity contribution in [2.75, 3.05) is 11.5 Å². The molecule has 0 unspecified atom stereocenters. The molecular formula is C17H38S2. The number of unbranched alkanes of at least 4 members (excludes halogenated alkanes) is 11. The highest BCUT2D eigenvalue weighted by Crippen LogP contribution is 2.10. The summed E-state index contributed by atoms with van der Waals surface area (Å²) in [5.41, 5.74) is 0. The lowest BCUT2D eigenvalue weighted by atomic mass is 10.1. The van der Waals surface area contributed by atoms with E-state index in [9.17, 15) is 0 Å². The molecule has 0 aromatic heterocycles. The average molecular weight is 307 g/mol. The first-order valence-electron chi connectivity index (χ1n) is 8.55. The molecule has 0 saturated carbocycles. The van der Waals surface area contributed by atoms with Gasteiger partial charge in [0.1, 0.15) is 0 Å². The fraction of sp³-hybridized carbons (Fsp3) is 1.00. The summed E-state index contributed by atoms with van der Waals surface area (Å²) in [5.74, 6) is 2.12. The van der Waals surface area contributed by atoms with Gasteiger partial charge in [-0.2, -0.15) is 25.3 Å². The van der Waals surface area contributed by atoms with E-state index in [1.54, 1.807) is 0 Å². The van der Waals surface area contributed by atoms with Crippen molar-refractivity contribution < 1.29 is 0 Å². The van der Waals surface area contributed by atoms with Crippen LogP contribution in [0.3, 0.4) is 0 Å². The van der Waals surface area contributed by atoms with E-state index in [0.29, 0.717) is 0 Å². The zero-order valence-electron chi connectivity index (χ0n) is 13.5. The topological polar surface area (TPSA) is 0 Å². The van der Waals surface area contributed by atoms with Crippen LogP contribution >= 0.6 is 25.3 Å². The van der Waals surface area contributed by atoms with Gasteiger partial charge in [0.2, 0.25) is 0 Å². The Morgan fingerprint density at radius 3 is 1.00 bits per heavy atom. The smallest absolute Gasteiger partial charge is 0.00979 e. The number of rotatable bonds is 13. The lowest BCUT2D eigenvalue weighted by molar-refractivity contribution is 0.563. The van der Waals surface area contributed by atoms with Crippen LogP contribution < -0.4 is 0 Å². The predicted molar refractivity (Wildman–Crippen MR) is 99.1 cm³/mol. The van der Waals surface area contributed by atoms with E-state index in [1.807, 2.05) is 0 Å². The van der Waals surface area contributed by atoms with Crippen LogP contribution in [0.25, 0.3) is 0 Å². The summed E-state index contributed by atoms with van der Waals surface area (Å²) in [4.78, 5) is 0. The normalized spacial score (nSPS) is 10.1. The predicted octanol–water partition coefficient (Wildman–Crippen LogP) is 6.94. The number of thiol groups is 2. The highest BCUT2D eigenvalue weighted by molar-refractivity contribution is 7.80. The molecular weight excluding hydrogens is 268 g/mol. The van der Waals surface area contributed by atoms with Crippen molar-refractivity contribution in [1.82, 2.24) is 0 Å². The minimum absolute atomic E-state index is 1.05. The molecule has 0 amide bonds. The Kier molecular flexibility index (Phi) is 27.5. The molecule has 0 heterocycles. The maximum absolute atomic E-state index is 4.20. The van der Waals surface area contributed by atoms with Crippen LogP contribution in [-0.4, -0.2) is 11.5 Å². The Hall–Kier alpha value is 0.700. The van der Waals surface area contributed by atoms with Gasteiger partial charge in [0.05, 0.1) is 0 Å². The van der Waals surface area contributed by atoms with Crippen LogP contribution in [0, 0.1) is 0 Å². The van der Waals surface area contributed by atoms with E-state index in [-0.39, 0.29) is 0 Å². The van der Waals surface area contributed by atoms with Gasteiger partial charge in [-0.05, 0) is 24.3 Å². The van der Waals surface area contributed by atoms with Gasteiger partial charge < -0.3 is 0 Å². The molecule has 0 fully saturated rings. The molecule has 0 radical (unpaired) electrons. The molecule has 19 heavy (non-hydrogen) atoms. The SMILES string of the molecule is CCCCCCCCCCCCS.CCCCCS. The van der Waals surface area contributed by atoms with Crippen molar-refractivity contribution in [2.45, 2.75) is 97.3 Å². The van der Waals surface area contributed by atoms with E-state index in [2.05, 4.69) is 39.1 Å².